The maximum absolute atomic E-state index is 4.53. The third-order valence-electron chi connectivity index (χ3n) is 3.44. The van der Waals surface area contributed by atoms with E-state index >= 15 is 0 Å². The molecule has 1 atom stereocenters. The molecule has 19 heavy (non-hydrogen) atoms. The number of nitrogens with zero attached hydrogens (tertiary/aromatic N) is 3. The van der Waals surface area contributed by atoms with Crippen molar-refractivity contribution in [3.05, 3.63) is 47.5 Å². The molecule has 0 saturated carbocycles. The van der Waals surface area contributed by atoms with Crippen LogP contribution in [0.15, 0.2) is 30.6 Å². The van der Waals surface area contributed by atoms with Crippen LogP contribution in [0.25, 0.3) is 0 Å². The predicted molar refractivity (Wildman–Crippen MR) is 76.9 cm³/mol. The molecule has 0 bridgehead atoms. The van der Waals surface area contributed by atoms with Crippen molar-refractivity contribution in [1.29, 1.82) is 0 Å². The Morgan fingerprint density at radius 1 is 1.32 bits per heavy atom. The molecular weight excluding hydrogens is 236 g/mol. The quantitative estimate of drug-likeness (QED) is 0.865. The summed E-state index contributed by atoms with van der Waals surface area (Å²) in [5.74, 6) is 0. The van der Waals surface area contributed by atoms with Crippen LogP contribution in [0.5, 0.6) is 0 Å². The summed E-state index contributed by atoms with van der Waals surface area (Å²) in [4.78, 5) is 4.53. The van der Waals surface area contributed by atoms with Crippen molar-refractivity contribution in [3.63, 3.8) is 0 Å². The summed E-state index contributed by atoms with van der Waals surface area (Å²) < 4.78 is 1.94. The van der Waals surface area contributed by atoms with Gasteiger partial charge in [-0.1, -0.05) is 13.0 Å². The SMILES string of the molecule is CCNC(CCc1ccnn1C)c1ncccc1C. The van der Waals surface area contributed by atoms with Crippen LogP contribution in [0.2, 0.25) is 0 Å². The summed E-state index contributed by atoms with van der Waals surface area (Å²) in [6.45, 7) is 5.21. The van der Waals surface area contributed by atoms with E-state index in [1.807, 2.05) is 30.2 Å². The number of aryl methyl sites for hydroxylation is 3. The van der Waals surface area contributed by atoms with Crippen molar-refractivity contribution in [2.75, 3.05) is 6.54 Å². The van der Waals surface area contributed by atoms with E-state index in [0.717, 1.165) is 25.1 Å². The highest BCUT2D eigenvalue weighted by Gasteiger charge is 2.14. The topological polar surface area (TPSA) is 42.7 Å². The van der Waals surface area contributed by atoms with Gasteiger partial charge in [0.2, 0.25) is 0 Å². The second-order valence-electron chi connectivity index (χ2n) is 4.80. The summed E-state index contributed by atoms with van der Waals surface area (Å²) in [6, 6.07) is 6.50. The fourth-order valence-electron chi connectivity index (χ4n) is 2.38. The summed E-state index contributed by atoms with van der Waals surface area (Å²) in [5, 5.41) is 7.74. The summed E-state index contributed by atoms with van der Waals surface area (Å²) in [5.41, 5.74) is 3.67. The van der Waals surface area contributed by atoms with Crippen LogP contribution in [0.4, 0.5) is 0 Å². The minimum absolute atomic E-state index is 0.307. The van der Waals surface area contributed by atoms with Gasteiger partial charge in [0.25, 0.3) is 0 Å². The fraction of sp³-hybridized carbons (Fsp3) is 0.467. The first-order chi connectivity index (χ1) is 9.22. The first-order valence-corrected chi connectivity index (χ1v) is 6.84. The molecule has 0 aliphatic rings. The van der Waals surface area contributed by atoms with Gasteiger partial charge in [-0.3, -0.25) is 9.67 Å². The molecule has 0 fully saturated rings. The first-order valence-electron chi connectivity index (χ1n) is 6.84. The molecule has 2 aromatic heterocycles. The van der Waals surface area contributed by atoms with Gasteiger partial charge in [0.1, 0.15) is 0 Å². The van der Waals surface area contributed by atoms with Crippen LogP contribution in [0, 0.1) is 6.92 Å². The number of nitrogens with one attached hydrogen (secondary N) is 1. The Hall–Kier alpha value is -1.68. The van der Waals surface area contributed by atoms with Gasteiger partial charge in [-0.15, -0.1) is 0 Å². The molecular formula is C15H22N4. The van der Waals surface area contributed by atoms with E-state index < -0.39 is 0 Å². The number of pyridine rings is 1. The Kier molecular flexibility index (Phi) is 4.68. The van der Waals surface area contributed by atoms with E-state index in [2.05, 4.69) is 41.4 Å². The van der Waals surface area contributed by atoms with Gasteiger partial charge in [0.05, 0.1) is 11.7 Å². The highest BCUT2D eigenvalue weighted by Crippen LogP contribution is 2.20. The maximum atomic E-state index is 4.53. The minimum atomic E-state index is 0.307. The van der Waals surface area contributed by atoms with Gasteiger partial charge >= 0.3 is 0 Å². The molecule has 0 aliphatic carbocycles. The Balaban J connectivity index is 2.09. The van der Waals surface area contributed by atoms with Gasteiger partial charge in [-0.25, -0.2) is 0 Å². The average molecular weight is 258 g/mol. The zero-order chi connectivity index (χ0) is 13.7. The Labute approximate surface area is 114 Å². The van der Waals surface area contributed by atoms with Gasteiger partial charge in [-0.2, -0.15) is 5.10 Å². The zero-order valence-corrected chi connectivity index (χ0v) is 11.9. The molecule has 1 unspecified atom stereocenters. The Bertz CT molecular complexity index is 518. The first kappa shape index (κ1) is 13.7. The Morgan fingerprint density at radius 2 is 2.16 bits per heavy atom. The summed E-state index contributed by atoms with van der Waals surface area (Å²) in [7, 11) is 1.99. The number of hydrogen-bond donors (Lipinski definition) is 1. The number of rotatable bonds is 6. The van der Waals surface area contributed by atoms with Crippen molar-refractivity contribution in [2.24, 2.45) is 7.05 Å². The van der Waals surface area contributed by atoms with E-state index in [-0.39, 0.29) is 0 Å². The third-order valence-corrected chi connectivity index (χ3v) is 3.44. The van der Waals surface area contributed by atoms with E-state index in [4.69, 9.17) is 0 Å². The van der Waals surface area contributed by atoms with E-state index in [1.165, 1.54) is 11.3 Å². The summed E-state index contributed by atoms with van der Waals surface area (Å²) >= 11 is 0. The highest BCUT2D eigenvalue weighted by atomic mass is 15.2. The lowest BCUT2D eigenvalue weighted by Crippen LogP contribution is -2.23. The molecule has 0 saturated heterocycles. The predicted octanol–water partition coefficient (Wildman–Crippen LogP) is 2.41. The molecule has 0 aliphatic heterocycles. The molecule has 2 heterocycles. The lowest BCUT2D eigenvalue weighted by molar-refractivity contribution is 0.493. The van der Waals surface area contributed by atoms with Crippen LogP contribution in [0.1, 0.15) is 36.3 Å². The highest BCUT2D eigenvalue weighted by molar-refractivity contribution is 5.21. The van der Waals surface area contributed by atoms with Crippen LogP contribution in [-0.2, 0) is 13.5 Å². The monoisotopic (exact) mass is 258 g/mol. The molecule has 2 rings (SSSR count). The van der Waals surface area contributed by atoms with Crippen LogP contribution < -0.4 is 5.32 Å². The molecule has 0 aromatic carbocycles. The lowest BCUT2D eigenvalue weighted by Gasteiger charge is -2.19. The van der Waals surface area contributed by atoms with Gasteiger partial charge < -0.3 is 5.32 Å². The standard InChI is InChI=1S/C15H22N4/c1-4-16-14(15-12(2)6-5-10-17-15)8-7-13-9-11-18-19(13)3/h5-6,9-11,14,16H,4,7-8H2,1-3H3. The normalized spacial score (nSPS) is 12.6. The maximum Gasteiger partial charge on any atom is 0.0602 e. The van der Waals surface area contributed by atoms with Crippen molar-refractivity contribution >= 4 is 0 Å². The molecule has 0 spiro atoms. The second kappa shape index (κ2) is 6.48. The molecule has 0 radical (unpaired) electrons. The number of aromatic nitrogens is 3. The molecule has 2 aromatic rings. The smallest absolute Gasteiger partial charge is 0.0602 e. The lowest BCUT2D eigenvalue weighted by atomic mass is 10.0. The van der Waals surface area contributed by atoms with Crippen LogP contribution in [-0.4, -0.2) is 21.3 Å². The van der Waals surface area contributed by atoms with Crippen molar-refractivity contribution in [3.8, 4) is 0 Å². The van der Waals surface area contributed by atoms with E-state index in [0.29, 0.717) is 6.04 Å². The van der Waals surface area contributed by atoms with Crippen molar-refractivity contribution in [1.82, 2.24) is 20.1 Å². The zero-order valence-electron chi connectivity index (χ0n) is 11.9. The van der Waals surface area contributed by atoms with Gasteiger partial charge in [0, 0.05) is 25.1 Å². The molecule has 4 heteroatoms. The van der Waals surface area contributed by atoms with E-state index in [1.54, 1.807) is 0 Å². The van der Waals surface area contributed by atoms with Crippen molar-refractivity contribution in [2.45, 2.75) is 32.7 Å². The minimum Gasteiger partial charge on any atom is -0.309 e. The van der Waals surface area contributed by atoms with Crippen molar-refractivity contribution < 1.29 is 0 Å². The molecule has 102 valence electrons. The summed E-state index contributed by atoms with van der Waals surface area (Å²) in [6.07, 6.45) is 5.76. The second-order valence-corrected chi connectivity index (χ2v) is 4.80. The number of hydrogen-bond acceptors (Lipinski definition) is 3. The fourth-order valence-corrected chi connectivity index (χ4v) is 2.38. The van der Waals surface area contributed by atoms with E-state index in [9.17, 15) is 0 Å². The molecule has 4 nitrogen and oxygen atoms in total. The molecule has 1 N–H and O–H groups in total. The van der Waals surface area contributed by atoms with Gasteiger partial charge in [0.15, 0.2) is 0 Å². The largest absolute Gasteiger partial charge is 0.309 e. The average Bonchev–Trinajstić information content (AvgIpc) is 2.81. The third kappa shape index (κ3) is 3.41. The van der Waals surface area contributed by atoms with Crippen LogP contribution in [0.3, 0.4) is 0 Å². The van der Waals surface area contributed by atoms with Gasteiger partial charge in [-0.05, 0) is 44.0 Å². The molecule has 0 amide bonds. The van der Waals surface area contributed by atoms with Crippen LogP contribution >= 0.6 is 0 Å². The Morgan fingerprint density at radius 3 is 2.79 bits per heavy atom.